The van der Waals surface area contributed by atoms with Crippen molar-refractivity contribution in [2.45, 2.75) is 32.1 Å². The molecule has 1 amide bonds. The van der Waals surface area contributed by atoms with Crippen molar-refractivity contribution in [3.63, 3.8) is 0 Å². The highest BCUT2D eigenvalue weighted by atomic mass is 35.5. The Kier molecular flexibility index (Phi) is 5.24. The lowest BCUT2D eigenvalue weighted by molar-refractivity contribution is 0.0771. The molecule has 0 radical (unpaired) electrons. The van der Waals surface area contributed by atoms with Gasteiger partial charge in [0.15, 0.2) is 0 Å². The number of nitrogens with zero attached hydrogens (tertiary/aromatic N) is 1. The monoisotopic (exact) mass is 376 g/mol. The fourth-order valence-electron chi connectivity index (χ4n) is 3.94. The highest BCUT2D eigenvalue weighted by molar-refractivity contribution is 7.17. The normalized spacial score (nSPS) is 18.6. The summed E-state index contributed by atoms with van der Waals surface area (Å²) in [5.74, 6) is 0.202. The number of carbonyl (C=O) groups is 1. The first-order valence-corrected chi connectivity index (χ1v) is 9.60. The number of benzene rings is 1. The summed E-state index contributed by atoms with van der Waals surface area (Å²) in [6.07, 6.45) is 2.04. The highest BCUT2D eigenvalue weighted by Crippen LogP contribution is 2.46. The minimum absolute atomic E-state index is 0. The first-order valence-electron chi connectivity index (χ1n) is 8.79. The third-order valence-electron chi connectivity index (χ3n) is 5.18. The Morgan fingerprint density at radius 1 is 1.20 bits per heavy atom. The summed E-state index contributed by atoms with van der Waals surface area (Å²) in [6, 6.07) is 10.8. The second kappa shape index (κ2) is 7.10. The molecule has 25 heavy (non-hydrogen) atoms. The smallest absolute Gasteiger partial charge is 0.263 e. The van der Waals surface area contributed by atoms with E-state index in [-0.39, 0.29) is 23.7 Å². The summed E-state index contributed by atoms with van der Waals surface area (Å²) in [5, 5.41) is 3.37. The van der Waals surface area contributed by atoms with E-state index in [9.17, 15) is 4.79 Å². The molecule has 1 fully saturated rings. The van der Waals surface area contributed by atoms with Gasteiger partial charge < -0.3 is 10.2 Å². The molecule has 1 aromatic carbocycles. The molecular formula is C20H25ClN2OS. The quantitative estimate of drug-likeness (QED) is 0.812. The van der Waals surface area contributed by atoms with Gasteiger partial charge in [0.05, 0.1) is 4.88 Å². The van der Waals surface area contributed by atoms with Gasteiger partial charge in [0.25, 0.3) is 5.91 Å². The summed E-state index contributed by atoms with van der Waals surface area (Å²) in [4.78, 5) is 17.2. The number of thiophene rings is 1. The van der Waals surface area contributed by atoms with Gasteiger partial charge in [0.2, 0.25) is 0 Å². The van der Waals surface area contributed by atoms with Gasteiger partial charge in [-0.1, -0.05) is 38.1 Å². The van der Waals surface area contributed by atoms with Crippen LogP contribution in [0.5, 0.6) is 0 Å². The van der Waals surface area contributed by atoms with E-state index in [1.165, 1.54) is 21.6 Å². The van der Waals surface area contributed by atoms with E-state index in [4.69, 9.17) is 0 Å². The molecule has 1 aliphatic carbocycles. The van der Waals surface area contributed by atoms with Crippen molar-refractivity contribution in [1.82, 2.24) is 10.2 Å². The molecule has 0 saturated carbocycles. The first-order chi connectivity index (χ1) is 11.6. The maximum absolute atomic E-state index is 13.0. The molecule has 0 spiro atoms. The summed E-state index contributed by atoms with van der Waals surface area (Å²) < 4.78 is 0. The average molecular weight is 377 g/mol. The second-order valence-corrected chi connectivity index (χ2v) is 8.52. The number of nitrogens with one attached hydrogen (secondary N) is 1. The summed E-state index contributed by atoms with van der Waals surface area (Å²) >= 11 is 1.68. The molecule has 1 N–H and O–H groups in total. The summed E-state index contributed by atoms with van der Waals surface area (Å²) in [5.41, 5.74) is 4.17. The standard InChI is InChI=1S/C20H24N2OS.ClH/c1-20(2)13-14-12-17(19(23)22-10-5-8-21-9-11-22)24-18(14)15-6-3-4-7-16(15)20;/h3-4,6-7,12,21H,5,8-11,13H2,1-2H3;1H. The van der Waals surface area contributed by atoms with Gasteiger partial charge in [-0.3, -0.25) is 4.79 Å². The van der Waals surface area contributed by atoms with E-state index in [0.717, 1.165) is 43.9 Å². The first kappa shape index (κ1) is 18.4. The van der Waals surface area contributed by atoms with E-state index in [2.05, 4.69) is 49.5 Å². The van der Waals surface area contributed by atoms with Crippen molar-refractivity contribution in [3.05, 3.63) is 46.3 Å². The third-order valence-corrected chi connectivity index (χ3v) is 6.38. The lowest BCUT2D eigenvalue weighted by Crippen LogP contribution is -2.33. The van der Waals surface area contributed by atoms with Gasteiger partial charge >= 0.3 is 0 Å². The molecule has 134 valence electrons. The van der Waals surface area contributed by atoms with E-state index in [1.54, 1.807) is 11.3 Å². The predicted molar refractivity (Wildman–Crippen MR) is 107 cm³/mol. The molecule has 1 saturated heterocycles. The van der Waals surface area contributed by atoms with Gasteiger partial charge in [-0.05, 0) is 47.6 Å². The zero-order valence-corrected chi connectivity index (χ0v) is 16.4. The van der Waals surface area contributed by atoms with Crippen molar-refractivity contribution in [2.75, 3.05) is 26.2 Å². The maximum atomic E-state index is 13.0. The van der Waals surface area contributed by atoms with Crippen LogP contribution in [0.1, 0.15) is 41.1 Å². The molecule has 0 bridgehead atoms. The van der Waals surface area contributed by atoms with Crippen LogP contribution in [-0.2, 0) is 11.8 Å². The largest absolute Gasteiger partial charge is 0.337 e. The number of halogens is 1. The molecule has 5 heteroatoms. The van der Waals surface area contributed by atoms with Gasteiger partial charge in [-0.15, -0.1) is 23.7 Å². The van der Waals surface area contributed by atoms with Crippen molar-refractivity contribution in [2.24, 2.45) is 0 Å². The number of carbonyl (C=O) groups excluding carboxylic acids is 1. The van der Waals surface area contributed by atoms with Crippen molar-refractivity contribution in [1.29, 1.82) is 0 Å². The van der Waals surface area contributed by atoms with E-state index >= 15 is 0 Å². The Bertz CT molecular complexity index is 776. The highest BCUT2D eigenvalue weighted by Gasteiger charge is 2.33. The van der Waals surface area contributed by atoms with E-state index < -0.39 is 0 Å². The molecule has 4 rings (SSSR count). The minimum atomic E-state index is 0. The molecule has 2 aromatic rings. The average Bonchev–Trinajstić information content (AvgIpc) is 2.80. The van der Waals surface area contributed by atoms with Gasteiger partial charge in [0.1, 0.15) is 0 Å². The van der Waals surface area contributed by atoms with Gasteiger partial charge in [-0.25, -0.2) is 0 Å². The van der Waals surface area contributed by atoms with Gasteiger partial charge in [-0.2, -0.15) is 0 Å². The maximum Gasteiger partial charge on any atom is 0.263 e. The number of amides is 1. The number of rotatable bonds is 1. The number of hydrogen-bond donors (Lipinski definition) is 1. The molecule has 0 atom stereocenters. The van der Waals surface area contributed by atoms with E-state index in [1.807, 2.05) is 4.90 Å². The number of fused-ring (bicyclic) bond motifs is 3. The van der Waals surface area contributed by atoms with Crippen molar-refractivity contribution >= 4 is 29.7 Å². The summed E-state index contributed by atoms with van der Waals surface area (Å²) in [7, 11) is 0. The molecular weight excluding hydrogens is 352 g/mol. The zero-order chi connectivity index (χ0) is 16.7. The third kappa shape index (κ3) is 3.35. The lowest BCUT2D eigenvalue weighted by atomic mass is 9.73. The summed E-state index contributed by atoms with van der Waals surface area (Å²) in [6.45, 7) is 8.17. The Morgan fingerprint density at radius 3 is 2.84 bits per heavy atom. The van der Waals surface area contributed by atoms with Crippen LogP contribution in [0.25, 0.3) is 10.4 Å². The molecule has 3 nitrogen and oxygen atoms in total. The van der Waals surface area contributed by atoms with Crippen LogP contribution in [0.2, 0.25) is 0 Å². The molecule has 0 unspecified atom stereocenters. The van der Waals surface area contributed by atoms with Crippen LogP contribution in [0.15, 0.2) is 30.3 Å². The zero-order valence-electron chi connectivity index (χ0n) is 14.8. The molecule has 1 aliphatic heterocycles. The fourth-order valence-corrected chi connectivity index (χ4v) is 5.13. The van der Waals surface area contributed by atoms with Crippen molar-refractivity contribution in [3.8, 4) is 10.4 Å². The Labute approximate surface area is 159 Å². The molecule has 1 aromatic heterocycles. The second-order valence-electron chi connectivity index (χ2n) is 7.47. The molecule has 2 aliphatic rings. The molecule has 2 heterocycles. The SMILES string of the molecule is CC1(C)Cc2cc(C(=O)N3CCCNCC3)sc2-c2ccccc21.Cl. The van der Waals surface area contributed by atoms with Crippen LogP contribution in [0, 0.1) is 0 Å². The van der Waals surface area contributed by atoms with Crippen LogP contribution in [0.3, 0.4) is 0 Å². The van der Waals surface area contributed by atoms with Crippen LogP contribution in [-0.4, -0.2) is 37.0 Å². The predicted octanol–water partition coefficient (Wildman–Crippen LogP) is 4.11. The van der Waals surface area contributed by atoms with E-state index in [0.29, 0.717) is 0 Å². The Hall–Kier alpha value is -1.36. The van der Waals surface area contributed by atoms with Gasteiger partial charge in [0, 0.05) is 24.5 Å². The van der Waals surface area contributed by atoms with Crippen LogP contribution in [0.4, 0.5) is 0 Å². The fraction of sp³-hybridized carbons (Fsp3) is 0.450. The lowest BCUT2D eigenvalue weighted by Gasteiger charge is -2.32. The van der Waals surface area contributed by atoms with Crippen LogP contribution >= 0.6 is 23.7 Å². The minimum Gasteiger partial charge on any atom is -0.337 e. The van der Waals surface area contributed by atoms with Crippen LogP contribution < -0.4 is 5.32 Å². The number of hydrogen-bond acceptors (Lipinski definition) is 3. The topological polar surface area (TPSA) is 32.3 Å². The Balaban J connectivity index is 0.00000182. The Morgan fingerprint density at radius 2 is 2.00 bits per heavy atom. The van der Waals surface area contributed by atoms with Crippen molar-refractivity contribution < 1.29 is 4.79 Å².